The molecule has 0 rings (SSSR count). The van der Waals surface area contributed by atoms with Crippen molar-refractivity contribution in [2.24, 2.45) is 0 Å². The zero-order valence-electron chi connectivity index (χ0n) is 11.8. The highest BCUT2D eigenvalue weighted by Crippen LogP contribution is 2.02. The van der Waals surface area contributed by atoms with Crippen LogP contribution < -0.4 is 16.0 Å². The largest absolute Gasteiger partial charge is 0.394 e. The predicted molar refractivity (Wildman–Crippen MR) is 71.6 cm³/mol. The number of hydrogen-bond donors (Lipinski definition) is 11. The molecule has 0 heterocycles. The second kappa shape index (κ2) is 15.1. The van der Waals surface area contributed by atoms with Crippen LogP contribution in [0.1, 0.15) is 0 Å². The molecule has 4 atom stereocenters. The molecule has 0 aromatic heterocycles. The third-order valence-electron chi connectivity index (χ3n) is 2.31. The zero-order valence-corrected chi connectivity index (χ0v) is 11.8. The van der Waals surface area contributed by atoms with Crippen LogP contribution in [-0.2, 0) is 4.79 Å². The van der Waals surface area contributed by atoms with E-state index in [0.717, 1.165) is 0 Å². The summed E-state index contributed by atoms with van der Waals surface area (Å²) in [6.45, 7) is -1.45. The van der Waals surface area contributed by atoms with Crippen molar-refractivity contribution in [1.82, 2.24) is 16.0 Å². The van der Waals surface area contributed by atoms with Crippen molar-refractivity contribution < 1.29 is 45.6 Å². The maximum Gasteiger partial charge on any atom is 0.151 e. The van der Waals surface area contributed by atoms with Crippen molar-refractivity contribution >= 4 is 6.29 Å². The Kier molecular flexibility index (Phi) is 16.2. The van der Waals surface area contributed by atoms with Crippen molar-refractivity contribution in [1.29, 1.82) is 0 Å². The van der Waals surface area contributed by atoms with Crippen molar-refractivity contribution in [3.05, 3.63) is 0 Å². The molecule has 12 heteroatoms. The van der Waals surface area contributed by atoms with E-state index in [1.54, 1.807) is 0 Å². The van der Waals surface area contributed by atoms with Gasteiger partial charge in [-0.2, -0.15) is 0 Å². The summed E-state index contributed by atoms with van der Waals surface area (Å²) in [6, 6.07) is 0. The lowest BCUT2D eigenvalue weighted by Gasteiger charge is -2.22. The van der Waals surface area contributed by atoms with Crippen LogP contribution in [0.2, 0.25) is 0 Å². The topological polar surface area (TPSA) is 215 Å². The maximum absolute atomic E-state index is 9.90. The molecule has 11 N–H and O–H groups in total. The van der Waals surface area contributed by atoms with Crippen LogP contribution in [0, 0.1) is 0 Å². The molecular formula is C10H25N3O9. The van der Waals surface area contributed by atoms with E-state index in [-0.39, 0.29) is 26.5 Å². The average molecular weight is 331 g/mol. The molecule has 0 aromatic rings. The van der Waals surface area contributed by atoms with E-state index in [0.29, 0.717) is 0 Å². The molecule has 0 spiro atoms. The number of aliphatic hydroxyl groups excluding tert-OH is 8. The fourth-order valence-electron chi connectivity index (χ4n) is 1.11. The number of carbonyl (C=O) groups is 1. The van der Waals surface area contributed by atoms with Gasteiger partial charge in [0.05, 0.1) is 26.8 Å². The summed E-state index contributed by atoms with van der Waals surface area (Å²) in [5.41, 5.74) is 0. The van der Waals surface area contributed by atoms with Gasteiger partial charge in [-0.3, -0.25) is 16.0 Å². The molecule has 0 bridgehead atoms. The molecule has 0 aliphatic rings. The van der Waals surface area contributed by atoms with E-state index in [1.807, 2.05) is 0 Å². The Morgan fingerprint density at radius 1 is 0.773 bits per heavy atom. The summed E-state index contributed by atoms with van der Waals surface area (Å²) in [7, 11) is 0. The van der Waals surface area contributed by atoms with Crippen molar-refractivity contribution in [2.45, 2.75) is 30.7 Å². The number of carbonyl (C=O) groups excluding carboxylic acids is 1. The summed E-state index contributed by atoms with van der Waals surface area (Å²) in [5, 5.41) is 76.0. The third kappa shape index (κ3) is 10.9. The van der Waals surface area contributed by atoms with Gasteiger partial charge in [0.25, 0.3) is 0 Å². The van der Waals surface area contributed by atoms with E-state index < -0.39 is 37.3 Å². The molecule has 0 saturated heterocycles. The Morgan fingerprint density at radius 3 is 1.45 bits per heavy atom. The fraction of sp³-hybridized carbons (Fsp3) is 0.900. The van der Waals surface area contributed by atoms with Gasteiger partial charge in [-0.1, -0.05) is 0 Å². The minimum Gasteiger partial charge on any atom is -0.394 e. The van der Waals surface area contributed by atoms with Gasteiger partial charge < -0.3 is 45.6 Å². The molecular weight excluding hydrogens is 306 g/mol. The van der Waals surface area contributed by atoms with Crippen molar-refractivity contribution in [3.63, 3.8) is 0 Å². The highest BCUT2D eigenvalue weighted by Gasteiger charge is 2.29. The zero-order chi connectivity index (χ0) is 17.5. The lowest BCUT2D eigenvalue weighted by Crippen LogP contribution is -2.53. The Labute approximate surface area is 126 Å². The van der Waals surface area contributed by atoms with Crippen LogP contribution in [-0.4, -0.2) is 105 Å². The third-order valence-corrected chi connectivity index (χ3v) is 2.31. The van der Waals surface area contributed by atoms with Gasteiger partial charge in [-0.05, 0) is 0 Å². The summed E-state index contributed by atoms with van der Waals surface area (Å²) < 4.78 is 0. The normalized spacial score (nSPS) is 16.4. The van der Waals surface area contributed by atoms with Crippen molar-refractivity contribution in [3.8, 4) is 0 Å². The van der Waals surface area contributed by atoms with Crippen LogP contribution in [0.25, 0.3) is 0 Å². The number of aldehydes is 1. The molecule has 134 valence electrons. The second-order valence-electron chi connectivity index (χ2n) is 3.88. The molecule has 0 fully saturated rings. The van der Waals surface area contributed by atoms with Crippen molar-refractivity contribution in [2.75, 3.05) is 26.8 Å². The summed E-state index contributed by atoms with van der Waals surface area (Å²) >= 11 is 0. The molecule has 0 saturated carbocycles. The quantitative estimate of drug-likeness (QED) is 0.126. The van der Waals surface area contributed by atoms with E-state index in [2.05, 4.69) is 16.0 Å². The molecule has 12 nitrogen and oxygen atoms in total. The van der Waals surface area contributed by atoms with Gasteiger partial charge >= 0.3 is 0 Å². The van der Waals surface area contributed by atoms with Gasteiger partial charge in [0, 0.05) is 0 Å². The molecule has 0 aromatic carbocycles. The molecule has 0 aliphatic carbocycles. The standard InChI is InChI=1S/C6H12O6.C4H13N3O3/c7-1-3(9)5(11)6(12)4(10)2-8;8-1-5-4(6-2-9)7-3-10/h1,3-6,8-12H,2H2;4-10H,1-3H2/t3-,4+,5+,6+;/m0./s1. The fourth-order valence-corrected chi connectivity index (χ4v) is 1.11. The number of aliphatic hydroxyl groups is 8. The van der Waals surface area contributed by atoms with Gasteiger partial charge in [0.1, 0.15) is 30.7 Å². The Balaban J connectivity index is 0. The summed E-state index contributed by atoms with van der Waals surface area (Å²) in [6.07, 6.45) is -7.31. The van der Waals surface area contributed by atoms with Gasteiger partial charge in [-0.15, -0.1) is 0 Å². The van der Waals surface area contributed by atoms with Crippen LogP contribution in [0.3, 0.4) is 0 Å². The first-order valence-corrected chi connectivity index (χ1v) is 6.20. The average Bonchev–Trinajstić information content (AvgIpc) is 2.53. The van der Waals surface area contributed by atoms with E-state index in [9.17, 15) is 4.79 Å². The monoisotopic (exact) mass is 331 g/mol. The predicted octanol–water partition coefficient (Wildman–Crippen LogP) is -6.49. The minimum atomic E-state index is -1.79. The molecule has 22 heavy (non-hydrogen) atoms. The molecule has 0 radical (unpaired) electrons. The first-order chi connectivity index (χ1) is 10.4. The van der Waals surface area contributed by atoms with Crippen LogP contribution in [0.15, 0.2) is 0 Å². The maximum atomic E-state index is 9.90. The molecule has 0 aliphatic heterocycles. The van der Waals surface area contributed by atoms with Crippen LogP contribution in [0.5, 0.6) is 0 Å². The van der Waals surface area contributed by atoms with Gasteiger partial charge in [-0.25, -0.2) is 0 Å². The Hall–Kier alpha value is -0.770. The van der Waals surface area contributed by atoms with E-state index in [1.165, 1.54) is 0 Å². The lowest BCUT2D eigenvalue weighted by atomic mass is 10.0. The first kappa shape index (κ1) is 23.5. The number of hydrogen-bond acceptors (Lipinski definition) is 12. The highest BCUT2D eigenvalue weighted by atomic mass is 16.4. The molecule has 0 unspecified atom stereocenters. The van der Waals surface area contributed by atoms with Gasteiger partial charge in [0.2, 0.25) is 0 Å². The SMILES string of the molecule is O=C[C@H](O)[C@@H](O)[C@H](O)[C@H](O)CO.OCNC(NCO)NCO. The molecule has 0 amide bonds. The smallest absolute Gasteiger partial charge is 0.151 e. The Morgan fingerprint density at radius 2 is 1.18 bits per heavy atom. The van der Waals surface area contributed by atoms with E-state index >= 15 is 0 Å². The second-order valence-corrected chi connectivity index (χ2v) is 3.88. The summed E-state index contributed by atoms with van der Waals surface area (Å²) in [4.78, 5) is 9.90. The summed E-state index contributed by atoms with van der Waals surface area (Å²) in [5.74, 6) is 0. The van der Waals surface area contributed by atoms with Crippen LogP contribution in [0.4, 0.5) is 0 Å². The van der Waals surface area contributed by atoms with Crippen LogP contribution >= 0.6 is 0 Å². The Bertz CT molecular complexity index is 248. The first-order valence-electron chi connectivity index (χ1n) is 6.20. The minimum absolute atomic E-state index is 0.0258. The number of rotatable bonds is 11. The van der Waals surface area contributed by atoms with Gasteiger partial charge in [0.15, 0.2) is 6.29 Å². The number of nitrogens with one attached hydrogen (secondary N) is 3. The highest BCUT2D eigenvalue weighted by molar-refractivity contribution is 5.56. The van der Waals surface area contributed by atoms with E-state index in [4.69, 9.17) is 40.9 Å². The lowest BCUT2D eigenvalue weighted by molar-refractivity contribution is -0.136.